The maximum atomic E-state index is 13.5. The molecule has 3 amide bonds. The van der Waals surface area contributed by atoms with Gasteiger partial charge in [0.05, 0.1) is 5.92 Å². The molecule has 2 fully saturated rings. The summed E-state index contributed by atoms with van der Waals surface area (Å²) in [5.74, 6) is -0.186. The molecule has 0 bridgehead atoms. The van der Waals surface area contributed by atoms with Gasteiger partial charge in [-0.3, -0.25) is 4.79 Å². The van der Waals surface area contributed by atoms with Crippen LogP contribution in [0.25, 0.3) is 0 Å². The highest BCUT2D eigenvalue weighted by Gasteiger charge is 2.32. The van der Waals surface area contributed by atoms with E-state index >= 15 is 0 Å². The number of hydrogen-bond donors (Lipinski definition) is 0. The Bertz CT molecular complexity index is 771. The van der Waals surface area contributed by atoms with Crippen LogP contribution in [0.15, 0.2) is 60.7 Å². The van der Waals surface area contributed by atoms with E-state index in [1.165, 1.54) is 6.42 Å². The van der Waals surface area contributed by atoms with Gasteiger partial charge in [0, 0.05) is 39.3 Å². The van der Waals surface area contributed by atoms with Crippen molar-refractivity contribution >= 4 is 11.9 Å². The Labute approximate surface area is 172 Å². The normalized spacial score (nSPS) is 17.5. The lowest BCUT2D eigenvalue weighted by molar-refractivity contribution is -0.133. The number of rotatable bonds is 3. The number of nitrogens with zero attached hydrogens (tertiary/aromatic N) is 3. The molecule has 0 aliphatic carbocycles. The SMILES string of the molecule is O=C(C(c1ccccc1)c1ccccc1)N1CCN(C(=O)N2CCCCC2)CC1. The second-order valence-corrected chi connectivity index (χ2v) is 7.90. The third-order valence-electron chi connectivity index (χ3n) is 6.00. The summed E-state index contributed by atoms with van der Waals surface area (Å²) < 4.78 is 0. The van der Waals surface area contributed by atoms with Crippen LogP contribution in [-0.4, -0.2) is 65.9 Å². The predicted molar refractivity (Wildman–Crippen MR) is 114 cm³/mol. The molecule has 152 valence electrons. The smallest absolute Gasteiger partial charge is 0.320 e. The number of urea groups is 1. The van der Waals surface area contributed by atoms with Crippen molar-refractivity contribution < 1.29 is 9.59 Å². The van der Waals surface area contributed by atoms with E-state index in [9.17, 15) is 9.59 Å². The largest absolute Gasteiger partial charge is 0.338 e. The van der Waals surface area contributed by atoms with Gasteiger partial charge in [0.1, 0.15) is 0 Å². The van der Waals surface area contributed by atoms with Crippen molar-refractivity contribution in [2.24, 2.45) is 0 Å². The van der Waals surface area contributed by atoms with E-state index in [0.717, 1.165) is 37.1 Å². The van der Waals surface area contributed by atoms with Gasteiger partial charge in [0.2, 0.25) is 5.91 Å². The lowest BCUT2D eigenvalue weighted by atomic mass is 9.90. The van der Waals surface area contributed by atoms with E-state index in [-0.39, 0.29) is 17.9 Å². The minimum Gasteiger partial charge on any atom is -0.338 e. The maximum absolute atomic E-state index is 13.5. The van der Waals surface area contributed by atoms with E-state index in [1.54, 1.807) is 0 Å². The molecule has 0 saturated carbocycles. The van der Waals surface area contributed by atoms with Gasteiger partial charge in [-0.15, -0.1) is 0 Å². The predicted octanol–water partition coefficient (Wildman–Crippen LogP) is 3.57. The molecule has 0 atom stereocenters. The van der Waals surface area contributed by atoms with Crippen molar-refractivity contribution in [3.05, 3.63) is 71.8 Å². The molecule has 0 unspecified atom stereocenters. The fourth-order valence-electron chi connectivity index (χ4n) is 4.35. The zero-order valence-electron chi connectivity index (χ0n) is 16.9. The van der Waals surface area contributed by atoms with Gasteiger partial charge in [-0.1, -0.05) is 60.7 Å². The van der Waals surface area contributed by atoms with Crippen molar-refractivity contribution in [1.29, 1.82) is 0 Å². The van der Waals surface area contributed by atoms with E-state index in [1.807, 2.05) is 75.4 Å². The Hall–Kier alpha value is -2.82. The molecular formula is C24H29N3O2. The van der Waals surface area contributed by atoms with Crippen molar-refractivity contribution in [3.63, 3.8) is 0 Å². The van der Waals surface area contributed by atoms with Crippen LogP contribution in [0, 0.1) is 0 Å². The molecule has 5 heteroatoms. The highest BCUT2D eigenvalue weighted by molar-refractivity contribution is 5.87. The number of benzene rings is 2. The first-order valence-corrected chi connectivity index (χ1v) is 10.7. The molecule has 2 aromatic carbocycles. The van der Waals surface area contributed by atoms with E-state index in [2.05, 4.69) is 0 Å². The molecular weight excluding hydrogens is 362 g/mol. The van der Waals surface area contributed by atoms with Crippen LogP contribution in [0.2, 0.25) is 0 Å². The van der Waals surface area contributed by atoms with Gasteiger partial charge in [-0.25, -0.2) is 4.79 Å². The van der Waals surface area contributed by atoms with Crippen molar-refractivity contribution in [1.82, 2.24) is 14.7 Å². The lowest BCUT2D eigenvalue weighted by Crippen LogP contribution is -2.55. The van der Waals surface area contributed by atoms with Crippen LogP contribution >= 0.6 is 0 Å². The monoisotopic (exact) mass is 391 g/mol. The highest BCUT2D eigenvalue weighted by atomic mass is 16.2. The van der Waals surface area contributed by atoms with Gasteiger partial charge in [0.15, 0.2) is 0 Å². The fourth-order valence-corrected chi connectivity index (χ4v) is 4.35. The number of amides is 3. The molecule has 2 aliphatic rings. The zero-order chi connectivity index (χ0) is 20.1. The van der Waals surface area contributed by atoms with Crippen molar-refractivity contribution in [2.75, 3.05) is 39.3 Å². The van der Waals surface area contributed by atoms with Crippen LogP contribution < -0.4 is 0 Å². The van der Waals surface area contributed by atoms with E-state index in [4.69, 9.17) is 0 Å². The van der Waals surface area contributed by atoms with Crippen LogP contribution in [-0.2, 0) is 4.79 Å². The molecule has 29 heavy (non-hydrogen) atoms. The van der Waals surface area contributed by atoms with Crippen LogP contribution in [0.4, 0.5) is 4.79 Å². The molecule has 0 aromatic heterocycles. The Kier molecular flexibility index (Phi) is 6.13. The first-order chi connectivity index (χ1) is 14.2. The Morgan fingerprint density at radius 2 is 1.03 bits per heavy atom. The summed E-state index contributed by atoms with van der Waals surface area (Å²) in [6, 6.07) is 20.1. The molecule has 0 spiro atoms. The number of carbonyl (C=O) groups excluding carboxylic acids is 2. The standard InChI is InChI=1S/C24H29N3O2/c28-23(22(20-10-4-1-5-11-20)21-12-6-2-7-13-21)25-16-18-27(19-17-25)24(29)26-14-8-3-9-15-26/h1-2,4-7,10-13,22H,3,8-9,14-19H2. The quantitative estimate of drug-likeness (QED) is 0.803. The maximum Gasteiger partial charge on any atom is 0.320 e. The molecule has 2 aromatic rings. The first-order valence-electron chi connectivity index (χ1n) is 10.7. The number of piperidine rings is 1. The molecule has 2 aliphatic heterocycles. The van der Waals surface area contributed by atoms with Gasteiger partial charge in [-0.2, -0.15) is 0 Å². The van der Waals surface area contributed by atoms with Gasteiger partial charge in [-0.05, 0) is 30.4 Å². The molecule has 2 saturated heterocycles. The van der Waals surface area contributed by atoms with Crippen LogP contribution in [0.1, 0.15) is 36.3 Å². The van der Waals surface area contributed by atoms with Crippen LogP contribution in [0.5, 0.6) is 0 Å². The average molecular weight is 392 g/mol. The zero-order valence-corrected chi connectivity index (χ0v) is 16.9. The second kappa shape index (κ2) is 9.12. The number of hydrogen-bond acceptors (Lipinski definition) is 2. The molecule has 2 heterocycles. The molecule has 0 N–H and O–H groups in total. The summed E-state index contributed by atoms with van der Waals surface area (Å²) in [6.07, 6.45) is 3.41. The van der Waals surface area contributed by atoms with E-state index < -0.39 is 0 Å². The van der Waals surface area contributed by atoms with Gasteiger partial charge < -0.3 is 14.7 Å². The summed E-state index contributed by atoms with van der Waals surface area (Å²) in [5, 5.41) is 0. The third kappa shape index (κ3) is 4.44. The number of piperazine rings is 1. The Morgan fingerprint density at radius 1 is 0.586 bits per heavy atom. The topological polar surface area (TPSA) is 43.9 Å². The molecule has 5 nitrogen and oxygen atoms in total. The first kappa shape index (κ1) is 19.5. The van der Waals surface area contributed by atoms with Gasteiger partial charge in [0.25, 0.3) is 0 Å². The van der Waals surface area contributed by atoms with Gasteiger partial charge >= 0.3 is 6.03 Å². The van der Waals surface area contributed by atoms with Crippen LogP contribution in [0.3, 0.4) is 0 Å². The minimum absolute atomic E-state index is 0.118. The summed E-state index contributed by atoms with van der Waals surface area (Å²) in [6.45, 7) is 4.13. The van der Waals surface area contributed by atoms with E-state index in [0.29, 0.717) is 26.2 Å². The number of likely N-dealkylation sites (tertiary alicyclic amines) is 1. The summed E-state index contributed by atoms with van der Waals surface area (Å²) in [4.78, 5) is 32.0. The minimum atomic E-state index is -0.304. The Morgan fingerprint density at radius 3 is 1.55 bits per heavy atom. The fraction of sp³-hybridized carbons (Fsp3) is 0.417. The summed E-state index contributed by atoms with van der Waals surface area (Å²) in [5.41, 5.74) is 2.02. The van der Waals surface area contributed by atoms with Crippen molar-refractivity contribution in [2.45, 2.75) is 25.2 Å². The lowest BCUT2D eigenvalue weighted by Gasteiger charge is -2.39. The summed E-state index contributed by atoms with van der Waals surface area (Å²) in [7, 11) is 0. The second-order valence-electron chi connectivity index (χ2n) is 7.90. The Balaban J connectivity index is 1.45. The summed E-state index contributed by atoms with van der Waals surface area (Å²) >= 11 is 0. The third-order valence-corrected chi connectivity index (χ3v) is 6.00. The average Bonchev–Trinajstić information content (AvgIpc) is 2.81. The number of carbonyl (C=O) groups is 2. The highest BCUT2D eigenvalue weighted by Crippen LogP contribution is 2.27. The van der Waals surface area contributed by atoms with Crippen molar-refractivity contribution in [3.8, 4) is 0 Å². The molecule has 0 radical (unpaired) electrons. The molecule has 4 rings (SSSR count).